The molecule has 5 nitrogen and oxygen atoms in total. The van der Waals surface area contributed by atoms with Crippen molar-refractivity contribution < 1.29 is 9.47 Å². The van der Waals surface area contributed by atoms with Crippen molar-refractivity contribution in [2.24, 2.45) is 10.8 Å². The van der Waals surface area contributed by atoms with Gasteiger partial charge in [0, 0.05) is 0 Å². The van der Waals surface area contributed by atoms with Crippen LogP contribution in [0.25, 0.3) is 0 Å². The molecule has 0 atom stereocenters. The lowest BCUT2D eigenvalue weighted by molar-refractivity contribution is 0.267. The average molecular weight is 422 g/mol. The molecule has 25 heavy (non-hydrogen) atoms. The second kappa shape index (κ2) is 9.39. The van der Waals surface area contributed by atoms with Gasteiger partial charge >= 0.3 is 0 Å². The molecule has 0 bridgehead atoms. The van der Waals surface area contributed by atoms with E-state index in [1.165, 1.54) is 5.56 Å². The second-order valence-corrected chi connectivity index (χ2v) is 6.57. The molecule has 2 aromatic rings. The van der Waals surface area contributed by atoms with Crippen LogP contribution >= 0.6 is 28.1 Å². The van der Waals surface area contributed by atoms with E-state index in [9.17, 15) is 0 Å². The highest BCUT2D eigenvalue weighted by Crippen LogP contribution is 2.37. The standard InChI is InChI=1S/C18H20BrN3O2S/c1-3-23-16-9-14(10-21-22-18(20)25)8-15(19)17(16)24-11-13-6-4-5-12(2)7-13/h4-10H,3,11H2,1-2H3,(H3,20,22,25)/b21-10-. The average Bonchev–Trinajstić information content (AvgIpc) is 2.54. The number of thiocarbonyl (C=S) groups is 1. The van der Waals surface area contributed by atoms with E-state index in [0.29, 0.717) is 24.7 Å². The topological polar surface area (TPSA) is 68.9 Å². The summed E-state index contributed by atoms with van der Waals surface area (Å²) in [5.74, 6) is 1.30. The quantitative estimate of drug-likeness (QED) is 0.403. The first kappa shape index (κ1) is 19.2. The Morgan fingerprint density at radius 2 is 2.12 bits per heavy atom. The minimum absolute atomic E-state index is 0.110. The van der Waals surface area contributed by atoms with Crippen LogP contribution in [-0.2, 0) is 6.61 Å². The molecular weight excluding hydrogens is 402 g/mol. The maximum atomic E-state index is 5.99. The van der Waals surface area contributed by atoms with Gasteiger partial charge in [-0.25, -0.2) is 0 Å². The molecule has 0 aliphatic heterocycles. The monoisotopic (exact) mass is 421 g/mol. The number of hydrazone groups is 1. The highest BCUT2D eigenvalue weighted by Gasteiger charge is 2.12. The van der Waals surface area contributed by atoms with Crippen molar-refractivity contribution in [3.8, 4) is 11.5 Å². The van der Waals surface area contributed by atoms with Gasteiger partial charge in [0.05, 0.1) is 17.3 Å². The summed E-state index contributed by atoms with van der Waals surface area (Å²) in [7, 11) is 0. The number of nitrogens with two attached hydrogens (primary N) is 1. The predicted octanol–water partition coefficient (Wildman–Crippen LogP) is 3.90. The lowest BCUT2D eigenvalue weighted by atomic mass is 10.1. The SMILES string of the molecule is CCOc1cc(/C=N\NC(N)=S)cc(Br)c1OCc1cccc(C)c1. The van der Waals surface area contributed by atoms with Gasteiger partial charge in [-0.1, -0.05) is 29.8 Å². The first-order chi connectivity index (χ1) is 12.0. The Morgan fingerprint density at radius 3 is 2.80 bits per heavy atom. The molecule has 0 radical (unpaired) electrons. The summed E-state index contributed by atoms with van der Waals surface area (Å²) in [4.78, 5) is 0. The van der Waals surface area contributed by atoms with Gasteiger partial charge in [-0.05, 0) is 65.3 Å². The Morgan fingerprint density at radius 1 is 1.32 bits per heavy atom. The normalized spacial score (nSPS) is 10.7. The molecule has 132 valence electrons. The highest BCUT2D eigenvalue weighted by molar-refractivity contribution is 9.10. The predicted molar refractivity (Wildman–Crippen MR) is 108 cm³/mol. The number of hydrogen-bond acceptors (Lipinski definition) is 4. The van der Waals surface area contributed by atoms with Crippen molar-refractivity contribution in [2.45, 2.75) is 20.5 Å². The van der Waals surface area contributed by atoms with Gasteiger partial charge in [-0.3, -0.25) is 5.43 Å². The van der Waals surface area contributed by atoms with Crippen LogP contribution < -0.4 is 20.6 Å². The second-order valence-electron chi connectivity index (χ2n) is 5.27. The van der Waals surface area contributed by atoms with Crippen LogP contribution in [0.4, 0.5) is 0 Å². The Labute approximate surface area is 161 Å². The van der Waals surface area contributed by atoms with Crippen LogP contribution in [-0.4, -0.2) is 17.9 Å². The molecule has 7 heteroatoms. The highest BCUT2D eigenvalue weighted by atomic mass is 79.9. The number of aryl methyl sites for hydroxylation is 1. The summed E-state index contributed by atoms with van der Waals surface area (Å²) in [5, 5.41) is 4.07. The fraction of sp³-hybridized carbons (Fsp3) is 0.222. The Kier molecular flexibility index (Phi) is 7.21. The molecule has 0 spiro atoms. The van der Waals surface area contributed by atoms with Gasteiger partial charge in [0.2, 0.25) is 0 Å². The first-order valence-corrected chi connectivity index (χ1v) is 8.93. The summed E-state index contributed by atoms with van der Waals surface area (Å²) in [6, 6.07) is 11.9. The van der Waals surface area contributed by atoms with Crippen molar-refractivity contribution in [2.75, 3.05) is 6.61 Å². The number of nitrogens with zero attached hydrogens (tertiary/aromatic N) is 1. The molecule has 2 rings (SSSR count). The molecule has 3 N–H and O–H groups in total. The third-order valence-electron chi connectivity index (χ3n) is 3.19. The van der Waals surface area contributed by atoms with Crippen LogP contribution in [0.1, 0.15) is 23.6 Å². The van der Waals surface area contributed by atoms with Crippen molar-refractivity contribution in [1.82, 2.24) is 5.43 Å². The zero-order valence-corrected chi connectivity index (χ0v) is 16.5. The maximum Gasteiger partial charge on any atom is 0.184 e. The summed E-state index contributed by atoms with van der Waals surface area (Å²) in [6.07, 6.45) is 1.61. The smallest absolute Gasteiger partial charge is 0.184 e. The van der Waals surface area contributed by atoms with Gasteiger partial charge < -0.3 is 15.2 Å². The van der Waals surface area contributed by atoms with E-state index in [1.54, 1.807) is 6.21 Å². The van der Waals surface area contributed by atoms with Gasteiger partial charge in [0.25, 0.3) is 0 Å². The summed E-state index contributed by atoms with van der Waals surface area (Å²) in [6.45, 7) is 4.96. The number of hydrogen-bond donors (Lipinski definition) is 2. The zero-order valence-electron chi connectivity index (χ0n) is 14.1. The number of ether oxygens (including phenoxy) is 2. The van der Waals surface area contributed by atoms with E-state index in [-0.39, 0.29) is 5.11 Å². The van der Waals surface area contributed by atoms with Crippen LogP contribution in [0.15, 0.2) is 46.0 Å². The molecule has 2 aromatic carbocycles. The van der Waals surface area contributed by atoms with Gasteiger partial charge in [-0.15, -0.1) is 0 Å². The molecule has 0 saturated carbocycles. The lowest BCUT2D eigenvalue weighted by Gasteiger charge is -2.15. The third kappa shape index (κ3) is 6.03. The maximum absolute atomic E-state index is 5.99. The molecule has 0 aromatic heterocycles. The summed E-state index contributed by atoms with van der Waals surface area (Å²) < 4.78 is 12.5. The van der Waals surface area contributed by atoms with Crippen molar-refractivity contribution in [3.05, 3.63) is 57.6 Å². The number of halogens is 1. The van der Waals surface area contributed by atoms with Crippen LogP contribution in [0.2, 0.25) is 0 Å². The van der Waals surface area contributed by atoms with Crippen LogP contribution in [0.5, 0.6) is 11.5 Å². The molecule has 0 amide bonds. The molecule has 0 aliphatic carbocycles. The van der Waals surface area contributed by atoms with E-state index >= 15 is 0 Å². The first-order valence-electron chi connectivity index (χ1n) is 7.72. The minimum atomic E-state index is 0.110. The third-order valence-corrected chi connectivity index (χ3v) is 3.87. The van der Waals surface area contributed by atoms with Gasteiger partial charge in [-0.2, -0.15) is 5.10 Å². The van der Waals surface area contributed by atoms with Gasteiger partial charge in [0.15, 0.2) is 16.6 Å². The molecule has 0 fully saturated rings. The van der Waals surface area contributed by atoms with E-state index < -0.39 is 0 Å². The van der Waals surface area contributed by atoms with Crippen molar-refractivity contribution in [3.63, 3.8) is 0 Å². The largest absolute Gasteiger partial charge is 0.490 e. The van der Waals surface area contributed by atoms with E-state index in [4.69, 9.17) is 27.4 Å². The summed E-state index contributed by atoms with van der Waals surface area (Å²) in [5.41, 5.74) is 11.0. The zero-order chi connectivity index (χ0) is 18.2. The lowest BCUT2D eigenvalue weighted by Crippen LogP contribution is -2.23. The fourth-order valence-corrected chi connectivity index (χ4v) is 2.82. The number of rotatable bonds is 7. The number of nitrogens with one attached hydrogen (secondary N) is 1. The Hall–Kier alpha value is -2.12. The van der Waals surface area contributed by atoms with Gasteiger partial charge in [0.1, 0.15) is 6.61 Å². The van der Waals surface area contributed by atoms with E-state index in [0.717, 1.165) is 15.6 Å². The van der Waals surface area contributed by atoms with Crippen LogP contribution in [0.3, 0.4) is 0 Å². The van der Waals surface area contributed by atoms with E-state index in [1.807, 2.05) is 31.2 Å². The molecule has 0 saturated heterocycles. The molecular formula is C18H20BrN3O2S. The van der Waals surface area contributed by atoms with Crippen molar-refractivity contribution >= 4 is 39.5 Å². The minimum Gasteiger partial charge on any atom is -0.490 e. The van der Waals surface area contributed by atoms with Crippen molar-refractivity contribution in [1.29, 1.82) is 0 Å². The van der Waals surface area contributed by atoms with E-state index in [2.05, 4.69) is 45.5 Å². The number of benzene rings is 2. The Bertz CT molecular complexity index is 781. The summed E-state index contributed by atoms with van der Waals surface area (Å²) >= 11 is 8.25. The molecule has 0 unspecified atom stereocenters. The fourth-order valence-electron chi connectivity index (χ4n) is 2.19. The molecule has 0 aliphatic rings. The van der Waals surface area contributed by atoms with Crippen LogP contribution in [0, 0.1) is 6.92 Å². The molecule has 0 heterocycles. The Balaban J connectivity index is 2.21.